The molecule has 0 aliphatic heterocycles. The summed E-state index contributed by atoms with van der Waals surface area (Å²) < 4.78 is 15.9. The molecule has 1 atom stereocenters. The van der Waals surface area contributed by atoms with Crippen molar-refractivity contribution < 1.29 is 19.0 Å². The van der Waals surface area contributed by atoms with Gasteiger partial charge in [0.1, 0.15) is 6.04 Å². The molecule has 0 saturated heterocycles. The molecule has 112 valence electrons. The van der Waals surface area contributed by atoms with Crippen LogP contribution in [0.15, 0.2) is 18.2 Å². The largest absolute Gasteiger partial charge is 0.490 e. The van der Waals surface area contributed by atoms with Crippen molar-refractivity contribution in [1.29, 1.82) is 0 Å². The third-order valence-electron chi connectivity index (χ3n) is 2.65. The lowest BCUT2D eigenvalue weighted by molar-refractivity contribution is -0.144. The Balaban J connectivity index is 2.80. The number of rotatable bonds is 8. The fraction of sp³-hybridized carbons (Fsp3) is 0.533. The zero-order valence-corrected chi connectivity index (χ0v) is 12.3. The molecule has 20 heavy (non-hydrogen) atoms. The SMILES string of the molecule is CCOC(=O)C(N)Cc1ccc(OCC)c(OCC)c1. The van der Waals surface area contributed by atoms with Gasteiger partial charge in [-0.25, -0.2) is 0 Å². The number of hydrogen-bond donors (Lipinski definition) is 1. The van der Waals surface area contributed by atoms with Crippen molar-refractivity contribution in [2.75, 3.05) is 19.8 Å². The van der Waals surface area contributed by atoms with E-state index in [0.717, 1.165) is 5.56 Å². The summed E-state index contributed by atoms with van der Waals surface area (Å²) in [6.45, 7) is 7.04. The molecule has 5 nitrogen and oxygen atoms in total. The molecule has 0 fully saturated rings. The van der Waals surface area contributed by atoms with E-state index in [4.69, 9.17) is 19.9 Å². The predicted octanol–water partition coefficient (Wildman–Crippen LogP) is 1.92. The van der Waals surface area contributed by atoms with Gasteiger partial charge in [-0.1, -0.05) is 6.07 Å². The highest BCUT2D eigenvalue weighted by atomic mass is 16.5. The number of carbonyl (C=O) groups excluding carboxylic acids is 1. The molecule has 0 bridgehead atoms. The molecular weight excluding hydrogens is 258 g/mol. The van der Waals surface area contributed by atoms with E-state index in [1.807, 2.05) is 32.0 Å². The Bertz CT molecular complexity index is 434. The minimum Gasteiger partial charge on any atom is -0.490 e. The van der Waals surface area contributed by atoms with Crippen molar-refractivity contribution in [2.45, 2.75) is 33.2 Å². The second kappa shape index (κ2) is 8.43. The van der Waals surface area contributed by atoms with E-state index >= 15 is 0 Å². The lowest BCUT2D eigenvalue weighted by Crippen LogP contribution is -2.34. The topological polar surface area (TPSA) is 70.8 Å². The Hall–Kier alpha value is -1.75. The Labute approximate surface area is 120 Å². The van der Waals surface area contributed by atoms with Crippen molar-refractivity contribution >= 4 is 5.97 Å². The highest BCUT2D eigenvalue weighted by molar-refractivity contribution is 5.75. The lowest BCUT2D eigenvalue weighted by Gasteiger charge is -2.14. The third-order valence-corrected chi connectivity index (χ3v) is 2.65. The second-order valence-corrected chi connectivity index (χ2v) is 4.21. The van der Waals surface area contributed by atoms with Crippen molar-refractivity contribution in [3.63, 3.8) is 0 Å². The molecule has 5 heteroatoms. The van der Waals surface area contributed by atoms with Crippen LogP contribution in [-0.2, 0) is 16.0 Å². The summed E-state index contributed by atoms with van der Waals surface area (Å²) in [5, 5.41) is 0. The summed E-state index contributed by atoms with van der Waals surface area (Å²) in [4.78, 5) is 11.5. The minimum atomic E-state index is -0.664. The van der Waals surface area contributed by atoms with Gasteiger partial charge in [0.2, 0.25) is 0 Å². The van der Waals surface area contributed by atoms with Crippen molar-refractivity contribution in [2.24, 2.45) is 5.73 Å². The summed E-state index contributed by atoms with van der Waals surface area (Å²) in [6.07, 6.45) is 0.408. The number of benzene rings is 1. The Kier molecular flexibility index (Phi) is 6.87. The zero-order chi connectivity index (χ0) is 15.0. The number of esters is 1. The Morgan fingerprint density at radius 3 is 2.35 bits per heavy atom. The average Bonchev–Trinajstić information content (AvgIpc) is 2.42. The number of hydrogen-bond acceptors (Lipinski definition) is 5. The molecule has 0 heterocycles. The molecule has 1 rings (SSSR count). The van der Waals surface area contributed by atoms with Gasteiger partial charge in [0.25, 0.3) is 0 Å². The summed E-state index contributed by atoms with van der Waals surface area (Å²) in [5.74, 6) is 0.977. The van der Waals surface area contributed by atoms with E-state index in [0.29, 0.717) is 37.7 Å². The molecule has 0 spiro atoms. The Morgan fingerprint density at radius 1 is 1.10 bits per heavy atom. The summed E-state index contributed by atoms with van der Waals surface area (Å²) in [5.41, 5.74) is 6.72. The van der Waals surface area contributed by atoms with E-state index in [1.165, 1.54) is 0 Å². The van der Waals surface area contributed by atoms with E-state index < -0.39 is 6.04 Å². The molecular formula is C15H23NO4. The van der Waals surface area contributed by atoms with Crippen LogP contribution in [0.1, 0.15) is 26.3 Å². The number of ether oxygens (including phenoxy) is 3. The molecule has 0 aliphatic rings. The zero-order valence-electron chi connectivity index (χ0n) is 12.3. The highest BCUT2D eigenvalue weighted by Gasteiger charge is 2.16. The smallest absolute Gasteiger partial charge is 0.323 e. The van der Waals surface area contributed by atoms with E-state index in [9.17, 15) is 4.79 Å². The van der Waals surface area contributed by atoms with Crippen LogP contribution in [0.4, 0.5) is 0 Å². The number of carbonyl (C=O) groups is 1. The second-order valence-electron chi connectivity index (χ2n) is 4.21. The molecule has 2 N–H and O–H groups in total. The van der Waals surface area contributed by atoms with Crippen LogP contribution in [0.2, 0.25) is 0 Å². The van der Waals surface area contributed by atoms with E-state index in [1.54, 1.807) is 6.92 Å². The van der Waals surface area contributed by atoms with Gasteiger partial charge in [-0.05, 0) is 44.9 Å². The highest BCUT2D eigenvalue weighted by Crippen LogP contribution is 2.28. The summed E-state index contributed by atoms with van der Waals surface area (Å²) in [7, 11) is 0. The van der Waals surface area contributed by atoms with Gasteiger partial charge in [-0.15, -0.1) is 0 Å². The first kappa shape index (κ1) is 16.3. The fourth-order valence-corrected chi connectivity index (χ4v) is 1.81. The summed E-state index contributed by atoms with van der Waals surface area (Å²) >= 11 is 0. The number of nitrogens with two attached hydrogens (primary N) is 1. The molecule has 1 unspecified atom stereocenters. The lowest BCUT2D eigenvalue weighted by atomic mass is 10.1. The molecule has 1 aromatic rings. The van der Waals surface area contributed by atoms with E-state index in [-0.39, 0.29) is 5.97 Å². The quantitative estimate of drug-likeness (QED) is 0.737. The average molecular weight is 281 g/mol. The monoisotopic (exact) mass is 281 g/mol. The molecule has 0 aliphatic carbocycles. The first-order valence-electron chi connectivity index (χ1n) is 6.93. The van der Waals surface area contributed by atoms with Crippen LogP contribution in [0.25, 0.3) is 0 Å². The minimum absolute atomic E-state index is 0.333. The third kappa shape index (κ3) is 4.74. The summed E-state index contributed by atoms with van der Waals surface area (Å²) in [6, 6.07) is 4.91. The van der Waals surface area contributed by atoms with Crippen molar-refractivity contribution in [1.82, 2.24) is 0 Å². The van der Waals surface area contributed by atoms with Crippen LogP contribution in [0.5, 0.6) is 11.5 Å². The van der Waals surface area contributed by atoms with Crippen LogP contribution >= 0.6 is 0 Å². The molecule has 0 amide bonds. The van der Waals surface area contributed by atoms with Gasteiger partial charge >= 0.3 is 5.97 Å². The van der Waals surface area contributed by atoms with Crippen LogP contribution < -0.4 is 15.2 Å². The molecule has 0 saturated carbocycles. The molecule has 0 radical (unpaired) electrons. The van der Waals surface area contributed by atoms with Gasteiger partial charge < -0.3 is 19.9 Å². The van der Waals surface area contributed by atoms with Gasteiger partial charge in [0.15, 0.2) is 11.5 Å². The van der Waals surface area contributed by atoms with Crippen molar-refractivity contribution in [3.05, 3.63) is 23.8 Å². The van der Waals surface area contributed by atoms with Gasteiger partial charge in [0, 0.05) is 0 Å². The maximum atomic E-state index is 11.5. The normalized spacial score (nSPS) is 11.8. The standard InChI is InChI=1S/C15H23NO4/c1-4-18-13-8-7-11(10-14(13)19-5-2)9-12(16)15(17)20-6-3/h7-8,10,12H,4-6,9,16H2,1-3H3. The van der Waals surface area contributed by atoms with Crippen LogP contribution in [-0.4, -0.2) is 31.8 Å². The van der Waals surface area contributed by atoms with Crippen molar-refractivity contribution in [3.8, 4) is 11.5 Å². The maximum Gasteiger partial charge on any atom is 0.323 e. The Morgan fingerprint density at radius 2 is 1.75 bits per heavy atom. The van der Waals surface area contributed by atoms with Crippen LogP contribution in [0.3, 0.4) is 0 Å². The molecule has 0 aromatic heterocycles. The van der Waals surface area contributed by atoms with Gasteiger partial charge in [0.05, 0.1) is 19.8 Å². The molecule has 1 aromatic carbocycles. The van der Waals surface area contributed by atoms with Gasteiger partial charge in [-0.3, -0.25) is 4.79 Å². The van der Waals surface area contributed by atoms with E-state index in [2.05, 4.69) is 0 Å². The maximum absolute atomic E-state index is 11.5. The van der Waals surface area contributed by atoms with Crippen LogP contribution in [0, 0.1) is 0 Å². The first-order chi connectivity index (χ1) is 9.62. The predicted molar refractivity (Wildman–Crippen MR) is 77.1 cm³/mol. The first-order valence-corrected chi connectivity index (χ1v) is 6.93. The fourth-order valence-electron chi connectivity index (χ4n) is 1.81. The van der Waals surface area contributed by atoms with Gasteiger partial charge in [-0.2, -0.15) is 0 Å².